The Morgan fingerprint density at radius 3 is 2.55 bits per heavy atom. The number of aromatic nitrogens is 3. The van der Waals surface area contributed by atoms with Crippen LogP contribution in [0.5, 0.6) is 0 Å². The molecule has 1 aromatic heterocycles. The number of benzene rings is 1. The van der Waals surface area contributed by atoms with Crippen molar-refractivity contribution in [3.63, 3.8) is 0 Å². The fraction of sp³-hybridized carbons (Fsp3) is 0.357. The Morgan fingerprint density at radius 1 is 1.30 bits per heavy atom. The van der Waals surface area contributed by atoms with Gasteiger partial charge < -0.3 is 4.90 Å². The summed E-state index contributed by atoms with van der Waals surface area (Å²) in [7, 11) is 0. The molecular weight excluding hydrogens is 272 g/mol. The smallest absolute Gasteiger partial charge is 0.240 e. The topological polar surface area (TPSA) is 61.9 Å². The molecule has 0 aliphatic carbocycles. The van der Waals surface area contributed by atoms with E-state index in [9.17, 15) is 4.79 Å². The lowest BCUT2D eigenvalue weighted by Gasteiger charge is -2.24. The van der Waals surface area contributed by atoms with Crippen LogP contribution in [0, 0.1) is 0 Å². The van der Waals surface area contributed by atoms with Gasteiger partial charge in [0.2, 0.25) is 5.91 Å². The van der Waals surface area contributed by atoms with Gasteiger partial charge in [0, 0.05) is 13.1 Å². The molecule has 0 unspecified atom stereocenters. The first kappa shape index (κ1) is 14.6. The van der Waals surface area contributed by atoms with Gasteiger partial charge in [-0.1, -0.05) is 42.1 Å². The van der Waals surface area contributed by atoms with Crippen LogP contribution >= 0.6 is 11.8 Å². The summed E-state index contributed by atoms with van der Waals surface area (Å²) in [5.74, 6) is 0.106. The van der Waals surface area contributed by atoms with E-state index in [1.807, 2.05) is 49.1 Å². The number of carbonyl (C=O) groups excluding carboxylic acids is 1. The largest absolute Gasteiger partial charge is 0.342 e. The minimum absolute atomic E-state index is 0.106. The number of H-pyrrole nitrogens is 1. The van der Waals surface area contributed by atoms with Crippen molar-refractivity contribution in [1.82, 2.24) is 20.3 Å². The Morgan fingerprint density at radius 2 is 2.00 bits per heavy atom. The molecule has 1 N–H and O–H groups in total. The fourth-order valence-electron chi connectivity index (χ4n) is 1.96. The van der Waals surface area contributed by atoms with E-state index in [1.165, 1.54) is 11.8 Å². The molecule has 5 nitrogen and oxygen atoms in total. The number of likely N-dealkylation sites (N-methyl/N-ethyl adjacent to an activating group) is 1. The lowest BCUT2D eigenvalue weighted by molar-refractivity contribution is -0.130. The summed E-state index contributed by atoms with van der Waals surface area (Å²) < 4.78 is 0. The highest BCUT2D eigenvalue weighted by molar-refractivity contribution is 8.00. The van der Waals surface area contributed by atoms with E-state index in [4.69, 9.17) is 0 Å². The second-order valence-electron chi connectivity index (χ2n) is 4.23. The summed E-state index contributed by atoms with van der Waals surface area (Å²) in [6.07, 6.45) is 1.64. The number of hydrogen-bond acceptors (Lipinski definition) is 4. The van der Waals surface area contributed by atoms with Crippen LogP contribution in [-0.4, -0.2) is 39.3 Å². The summed E-state index contributed by atoms with van der Waals surface area (Å²) >= 11 is 1.42. The molecule has 2 aromatic rings. The zero-order chi connectivity index (χ0) is 14.4. The van der Waals surface area contributed by atoms with E-state index in [0.717, 1.165) is 10.6 Å². The number of amides is 1. The molecule has 0 radical (unpaired) electrons. The Hall–Kier alpha value is -1.82. The SMILES string of the molecule is CCN(CC)C(=O)[C@H](Sc1cn[nH]n1)c1ccccc1. The van der Waals surface area contributed by atoms with Gasteiger partial charge in [0.05, 0.1) is 6.20 Å². The molecule has 1 atom stereocenters. The lowest BCUT2D eigenvalue weighted by Crippen LogP contribution is -2.33. The summed E-state index contributed by atoms with van der Waals surface area (Å²) in [5, 5.41) is 10.8. The van der Waals surface area contributed by atoms with Crippen molar-refractivity contribution >= 4 is 17.7 Å². The Kier molecular flexibility index (Phi) is 5.17. The molecule has 6 heteroatoms. The molecule has 0 saturated carbocycles. The standard InChI is InChI=1S/C14H18N4OS/c1-3-18(4-2)14(19)13(11-8-6-5-7-9-11)20-12-10-15-17-16-12/h5-10,13H,3-4H2,1-2H3,(H,15,16,17)/t13-/m1/s1. The third kappa shape index (κ3) is 3.39. The highest BCUT2D eigenvalue weighted by Crippen LogP contribution is 2.35. The van der Waals surface area contributed by atoms with Gasteiger partial charge in [0.15, 0.2) is 0 Å². The average molecular weight is 290 g/mol. The molecular formula is C14H18N4OS. The van der Waals surface area contributed by atoms with Crippen molar-refractivity contribution in [2.45, 2.75) is 24.1 Å². The first-order valence-electron chi connectivity index (χ1n) is 6.62. The van der Waals surface area contributed by atoms with Crippen molar-refractivity contribution in [2.24, 2.45) is 0 Å². The van der Waals surface area contributed by atoms with E-state index >= 15 is 0 Å². The fourth-order valence-corrected chi connectivity index (χ4v) is 2.95. The molecule has 106 valence electrons. The van der Waals surface area contributed by atoms with Gasteiger partial charge in [-0.25, -0.2) is 0 Å². The van der Waals surface area contributed by atoms with E-state index in [0.29, 0.717) is 13.1 Å². The van der Waals surface area contributed by atoms with Crippen LogP contribution in [0.15, 0.2) is 41.6 Å². The molecule has 0 spiro atoms. The van der Waals surface area contributed by atoms with Crippen molar-refractivity contribution in [3.05, 3.63) is 42.1 Å². The summed E-state index contributed by atoms with van der Waals surface area (Å²) in [4.78, 5) is 14.5. The Bertz CT molecular complexity index is 525. The quantitative estimate of drug-likeness (QED) is 0.830. The Labute approximate surface area is 122 Å². The second-order valence-corrected chi connectivity index (χ2v) is 5.35. The van der Waals surface area contributed by atoms with Gasteiger partial charge in [0.25, 0.3) is 0 Å². The van der Waals surface area contributed by atoms with Crippen LogP contribution in [-0.2, 0) is 4.79 Å². The summed E-state index contributed by atoms with van der Waals surface area (Å²) in [6, 6.07) is 9.78. The summed E-state index contributed by atoms with van der Waals surface area (Å²) in [5.41, 5.74) is 0.984. The van der Waals surface area contributed by atoms with Gasteiger partial charge in [0.1, 0.15) is 10.3 Å². The van der Waals surface area contributed by atoms with Crippen LogP contribution in [0.4, 0.5) is 0 Å². The first-order chi connectivity index (χ1) is 9.76. The average Bonchev–Trinajstić information content (AvgIpc) is 3.00. The zero-order valence-corrected chi connectivity index (χ0v) is 12.4. The maximum atomic E-state index is 12.7. The normalized spacial score (nSPS) is 12.1. The molecule has 1 aromatic carbocycles. The monoisotopic (exact) mass is 290 g/mol. The third-order valence-electron chi connectivity index (χ3n) is 3.03. The maximum Gasteiger partial charge on any atom is 0.240 e. The van der Waals surface area contributed by atoms with E-state index in [1.54, 1.807) is 6.20 Å². The molecule has 0 bridgehead atoms. The molecule has 0 saturated heterocycles. The number of rotatable bonds is 6. The van der Waals surface area contributed by atoms with Crippen molar-refractivity contribution < 1.29 is 4.79 Å². The number of nitrogens with one attached hydrogen (secondary N) is 1. The third-order valence-corrected chi connectivity index (χ3v) is 4.18. The highest BCUT2D eigenvalue weighted by atomic mass is 32.2. The number of carbonyl (C=O) groups is 1. The van der Waals surface area contributed by atoms with E-state index < -0.39 is 0 Å². The molecule has 1 heterocycles. The van der Waals surface area contributed by atoms with E-state index in [2.05, 4.69) is 15.4 Å². The molecule has 0 aliphatic rings. The number of aromatic amines is 1. The highest BCUT2D eigenvalue weighted by Gasteiger charge is 2.26. The van der Waals surface area contributed by atoms with Crippen molar-refractivity contribution in [2.75, 3.05) is 13.1 Å². The number of thioether (sulfide) groups is 1. The van der Waals surface area contributed by atoms with E-state index in [-0.39, 0.29) is 11.2 Å². The van der Waals surface area contributed by atoms with Gasteiger partial charge in [-0.2, -0.15) is 10.3 Å². The molecule has 0 aliphatic heterocycles. The molecule has 1 amide bonds. The second kappa shape index (κ2) is 7.09. The predicted molar refractivity (Wildman–Crippen MR) is 79.4 cm³/mol. The van der Waals surface area contributed by atoms with Crippen LogP contribution < -0.4 is 0 Å². The van der Waals surface area contributed by atoms with Gasteiger partial charge >= 0.3 is 0 Å². The van der Waals surface area contributed by atoms with Gasteiger partial charge in [-0.15, -0.1) is 5.10 Å². The maximum absolute atomic E-state index is 12.7. The molecule has 0 fully saturated rings. The summed E-state index contributed by atoms with van der Waals surface area (Å²) in [6.45, 7) is 5.39. The zero-order valence-electron chi connectivity index (χ0n) is 11.6. The van der Waals surface area contributed by atoms with Crippen LogP contribution in [0.1, 0.15) is 24.7 Å². The minimum atomic E-state index is -0.291. The molecule has 20 heavy (non-hydrogen) atoms. The minimum Gasteiger partial charge on any atom is -0.342 e. The lowest BCUT2D eigenvalue weighted by atomic mass is 10.1. The first-order valence-corrected chi connectivity index (χ1v) is 7.50. The van der Waals surface area contributed by atoms with Crippen LogP contribution in [0.25, 0.3) is 0 Å². The van der Waals surface area contributed by atoms with Crippen LogP contribution in [0.2, 0.25) is 0 Å². The van der Waals surface area contributed by atoms with Crippen molar-refractivity contribution in [3.8, 4) is 0 Å². The van der Waals surface area contributed by atoms with Crippen LogP contribution in [0.3, 0.4) is 0 Å². The van der Waals surface area contributed by atoms with Gasteiger partial charge in [-0.3, -0.25) is 4.79 Å². The Balaban J connectivity index is 2.26. The number of hydrogen-bond donors (Lipinski definition) is 1. The van der Waals surface area contributed by atoms with Crippen molar-refractivity contribution in [1.29, 1.82) is 0 Å². The van der Waals surface area contributed by atoms with Gasteiger partial charge in [-0.05, 0) is 19.4 Å². The molecule has 2 rings (SSSR count). The predicted octanol–water partition coefficient (Wildman–Crippen LogP) is 2.51. The number of nitrogens with zero attached hydrogens (tertiary/aromatic N) is 3.